The monoisotopic (exact) mass is 445 g/mol. The van der Waals surface area contributed by atoms with E-state index in [1.165, 1.54) is 0 Å². The molecule has 2 unspecified atom stereocenters. The van der Waals surface area contributed by atoms with Gasteiger partial charge in [-0.3, -0.25) is 14.4 Å². The van der Waals surface area contributed by atoms with Crippen LogP contribution in [0.5, 0.6) is 0 Å². The molecule has 0 aliphatic rings. The van der Waals surface area contributed by atoms with Crippen LogP contribution in [0, 0.1) is 0 Å². The number of amides is 3. The van der Waals surface area contributed by atoms with E-state index in [9.17, 15) is 19.2 Å². The lowest BCUT2D eigenvalue weighted by molar-refractivity contribution is -0.129. The van der Waals surface area contributed by atoms with Crippen molar-refractivity contribution in [2.24, 2.45) is 5.73 Å². The summed E-state index contributed by atoms with van der Waals surface area (Å²) in [5.74, 6) is -2.24. The van der Waals surface area contributed by atoms with E-state index in [1.54, 1.807) is 48.5 Å². The van der Waals surface area contributed by atoms with E-state index in [0.29, 0.717) is 0 Å². The van der Waals surface area contributed by atoms with Crippen LogP contribution in [0.4, 0.5) is 4.79 Å². The number of ether oxygens (including phenoxy) is 1. The van der Waals surface area contributed by atoms with Crippen molar-refractivity contribution < 1.29 is 23.9 Å². The fourth-order valence-corrected chi connectivity index (χ4v) is 2.96. The average molecular weight is 446 g/mol. The van der Waals surface area contributed by atoms with Crippen molar-refractivity contribution in [3.05, 3.63) is 71.8 Å². The number of hydrogen-bond acceptors (Lipinski definition) is 5. The Balaban J connectivity index is 2.02. The molecule has 8 nitrogen and oxygen atoms in total. The van der Waals surface area contributed by atoms with Gasteiger partial charge in [0.25, 0.3) is 0 Å². The van der Waals surface area contributed by atoms with E-state index >= 15 is 0 Å². The molecule has 2 atom stereocenters. The van der Waals surface area contributed by atoms with Crippen LogP contribution in [0.2, 0.25) is 0 Å². The summed E-state index contributed by atoms with van der Waals surface area (Å²) in [6, 6.07) is 15.8. The predicted octanol–water partition coefficient (Wildman–Crippen LogP) is 1.69. The molecule has 2 aromatic carbocycles. The Labute approximate surface area is 185 Å². The molecule has 0 aromatic heterocycles. The number of primary amides is 1. The topological polar surface area (TPSA) is 128 Å². The zero-order chi connectivity index (χ0) is 22.6. The quantitative estimate of drug-likeness (QED) is 0.453. The van der Waals surface area contributed by atoms with Gasteiger partial charge in [0.2, 0.25) is 11.8 Å². The average Bonchev–Trinajstić information content (AvgIpc) is 2.77. The second kappa shape index (κ2) is 12.3. The minimum atomic E-state index is -1.30. The summed E-state index contributed by atoms with van der Waals surface area (Å²) in [5.41, 5.74) is 6.78. The minimum absolute atomic E-state index is 0.0149. The highest BCUT2D eigenvalue weighted by atomic mass is 35.5. The van der Waals surface area contributed by atoms with Gasteiger partial charge in [0.1, 0.15) is 12.6 Å². The first-order valence-electron chi connectivity index (χ1n) is 9.57. The van der Waals surface area contributed by atoms with Crippen molar-refractivity contribution in [3.8, 4) is 0 Å². The van der Waals surface area contributed by atoms with Crippen LogP contribution in [0.25, 0.3) is 0 Å². The summed E-state index contributed by atoms with van der Waals surface area (Å²) in [5, 5.41) is 4.88. The van der Waals surface area contributed by atoms with Gasteiger partial charge in [0, 0.05) is 0 Å². The minimum Gasteiger partial charge on any atom is -0.445 e. The highest BCUT2D eigenvalue weighted by Gasteiger charge is 2.28. The van der Waals surface area contributed by atoms with E-state index in [-0.39, 0.29) is 18.9 Å². The molecule has 2 rings (SSSR count). The van der Waals surface area contributed by atoms with Crippen molar-refractivity contribution in [2.45, 2.75) is 31.5 Å². The number of benzene rings is 2. The molecule has 9 heteroatoms. The summed E-state index contributed by atoms with van der Waals surface area (Å²) in [4.78, 5) is 48.5. The lowest BCUT2D eigenvalue weighted by Crippen LogP contribution is -2.53. The van der Waals surface area contributed by atoms with Gasteiger partial charge >= 0.3 is 6.09 Å². The highest BCUT2D eigenvalue weighted by Crippen LogP contribution is 2.07. The number of carbonyl (C=O) groups is 4. The van der Waals surface area contributed by atoms with Crippen molar-refractivity contribution in [3.63, 3.8) is 0 Å². The molecule has 2 aromatic rings. The zero-order valence-corrected chi connectivity index (χ0v) is 17.5. The Morgan fingerprint density at radius 2 is 1.45 bits per heavy atom. The van der Waals surface area contributed by atoms with Gasteiger partial charge in [0.05, 0.1) is 18.3 Å². The van der Waals surface area contributed by atoms with Crippen molar-refractivity contribution >= 4 is 35.3 Å². The molecule has 0 radical (unpaired) electrons. The Morgan fingerprint density at radius 1 is 0.871 bits per heavy atom. The summed E-state index contributed by atoms with van der Waals surface area (Å²) >= 11 is 5.68. The molecule has 0 fully saturated rings. The Hall–Kier alpha value is -3.39. The van der Waals surface area contributed by atoms with Gasteiger partial charge in [-0.1, -0.05) is 60.7 Å². The predicted molar refractivity (Wildman–Crippen MR) is 115 cm³/mol. The van der Waals surface area contributed by atoms with Crippen LogP contribution < -0.4 is 16.4 Å². The number of rotatable bonds is 11. The molecule has 0 saturated heterocycles. The summed E-state index contributed by atoms with van der Waals surface area (Å²) in [6.07, 6.45) is -1.15. The third-order valence-electron chi connectivity index (χ3n) is 4.35. The molecule has 164 valence electrons. The van der Waals surface area contributed by atoms with Crippen LogP contribution in [0.15, 0.2) is 60.7 Å². The largest absolute Gasteiger partial charge is 0.445 e. The molecule has 31 heavy (non-hydrogen) atoms. The maximum Gasteiger partial charge on any atom is 0.408 e. The van der Waals surface area contributed by atoms with Crippen LogP contribution >= 0.6 is 11.6 Å². The lowest BCUT2D eigenvalue weighted by Gasteiger charge is -2.22. The van der Waals surface area contributed by atoms with Crippen molar-refractivity contribution in [1.82, 2.24) is 10.6 Å². The maximum absolute atomic E-state index is 12.7. The van der Waals surface area contributed by atoms with Crippen LogP contribution in [-0.2, 0) is 32.1 Å². The van der Waals surface area contributed by atoms with Crippen LogP contribution in [0.1, 0.15) is 17.5 Å². The van der Waals surface area contributed by atoms with Gasteiger partial charge in [-0.25, -0.2) is 4.79 Å². The zero-order valence-electron chi connectivity index (χ0n) is 16.8. The number of hydrogen-bond donors (Lipinski definition) is 3. The summed E-state index contributed by atoms with van der Waals surface area (Å²) in [7, 11) is 0. The Bertz CT molecular complexity index is 893. The maximum atomic E-state index is 12.7. The third-order valence-corrected chi connectivity index (χ3v) is 4.61. The van der Waals surface area contributed by atoms with E-state index in [2.05, 4.69) is 10.6 Å². The molecular weight excluding hydrogens is 422 g/mol. The van der Waals surface area contributed by atoms with E-state index in [1.807, 2.05) is 12.1 Å². The van der Waals surface area contributed by atoms with Gasteiger partial charge in [-0.2, -0.15) is 0 Å². The standard InChI is InChI=1S/C22H24ClN3O5/c23-13-19(27)17(11-15-7-3-1-4-8-15)25-21(29)18(12-20(24)28)26-22(30)31-14-16-9-5-2-6-10-16/h1-10,17-18H,11-14H2,(H2,24,28)(H,25,29)(H,26,30). The molecule has 0 aliphatic heterocycles. The SMILES string of the molecule is NC(=O)CC(NC(=O)OCc1ccccc1)C(=O)NC(Cc1ccccc1)C(=O)CCl. The van der Waals surface area contributed by atoms with E-state index < -0.39 is 42.2 Å². The number of nitrogens with one attached hydrogen (secondary N) is 2. The number of Topliss-reactive ketones (excluding diaryl/α,β-unsaturated/α-hetero) is 1. The molecule has 0 aliphatic carbocycles. The molecule has 0 bridgehead atoms. The fraction of sp³-hybridized carbons (Fsp3) is 0.273. The highest BCUT2D eigenvalue weighted by molar-refractivity contribution is 6.28. The Kier molecular flexibility index (Phi) is 9.51. The van der Waals surface area contributed by atoms with E-state index in [4.69, 9.17) is 22.1 Å². The Morgan fingerprint density at radius 3 is 2.00 bits per heavy atom. The number of nitrogens with two attached hydrogens (primary N) is 1. The number of alkyl carbamates (subject to hydrolysis) is 1. The molecule has 4 N–H and O–H groups in total. The van der Waals surface area contributed by atoms with Crippen molar-refractivity contribution in [1.29, 1.82) is 0 Å². The number of halogens is 1. The molecule has 0 spiro atoms. The molecular formula is C22H24ClN3O5. The number of ketones is 1. The summed E-state index contributed by atoms with van der Waals surface area (Å²) < 4.78 is 5.09. The second-order valence-electron chi connectivity index (χ2n) is 6.78. The van der Waals surface area contributed by atoms with Crippen LogP contribution in [0.3, 0.4) is 0 Å². The van der Waals surface area contributed by atoms with Gasteiger partial charge in [-0.15, -0.1) is 11.6 Å². The third kappa shape index (κ3) is 8.47. The van der Waals surface area contributed by atoms with Gasteiger partial charge in [-0.05, 0) is 17.5 Å². The summed E-state index contributed by atoms with van der Waals surface area (Å²) in [6.45, 7) is -0.0149. The van der Waals surface area contributed by atoms with Gasteiger partial charge in [0.15, 0.2) is 5.78 Å². The number of alkyl halides is 1. The second-order valence-corrected chi connectivity index (χ2v) is 7.05. The number of carbonyl (C=O) groups excluding carboxylic acids is 4. The fourth-order valence-electron chi connectivity index (χ4n) is 2.78. The molecule has 3 amide bonds. The van der Waals surface area contributed by atoms with Crippen molar-refractivity contribution in [2.75, 3.05) is 5.88 Å². The normalized spacial score (nSPS) is 12.3. The molecule has 0 heterocycles. The van der Waals surface area contributed by atoms with Gasteiger partial charge < -0.3 is 21.1 Å². The smallest absolute Gasteiger partial charge is 0.408 e. The van der Waals surface area contributed by atoms with E-state index in [0.717, 1.165) is 11.1 Å². The lowest BCUT2D eigenvalue weighted by atomic mass is 10.0. The first-order valence-corrected chi connectivity index (χ1v) is 10.1. The first-order chi connectivity index (χ1) is 14.9. The first kappa shape index (κ1) is 23.9. The van der Waals surface area contributed by atoms with Crippen LogP contribution in [-0.4, -0.2) is 41.7 Å². The molecule has 0 saturated carbocycles.